The van der Waals surface area contributed by atoms with Crippen LogP contribution in [-0.2, 0) is 23.5 Å². The quantitative estimate of drug-likeness (QED) is 0.527. The molecule has 0 aromatic heterocycles. The molecular formula is C17H29NO6Si. The van der Waals surface area contributed by atoms with Crippen LogP contribution in [0.15, 0.2) is 0 Å². The van der Waals surface area contributed by atoms with Crippen molar-refractivity contribution < 1.29 is 28.3 Å². The predicted octanol–water partition coefficient (Wildman–Crippen LogP) is 2.49. The fourth-order valence-electron chi connectivity index (χ4n) is 4.13. The second kappa shape index (κ2) is 7.86. The van der Waals surface area contributed by atoms with Crippen molar-refractivity contribution in [3.05, 3.63) is 0 Å². The SMILES string of the molecule is CC[Si](CC)(CC)O[C@@H]1[C@H](OC(C)=O)[C@H]2CC(=O)C[C@@H]1N2C(=O)OC. The van der Waals surface area contributed by atoms with Crippen LogP contribution in [0.2, 0.25) is 18.1 Å². The Balaban J connectivity index is 2.40. The van der Waals surface area contributed by atoms with E-state index in [2.05, 4.69) is 20.8 Å². The molecule has 8 heteroatoms. The van der Waals surface area contributed by atoms with Crippen molar-refractivity contribution in [3.8, 4) is 0 Å². The summed E-state index contributed by atoms with van der Waals surface area (Å²) >= 11 is 0. The van der Waals surface area contributed by atoms with Gasteiger partial charge in [-0.3, -0.25) is 14.5 Å². The van der Waals surface area contributed by atoms with E-state index >= 15 is 0 Å². The zero-order valence-corrected chi connectivity index (χ0v) is 16.7. The van der Waals surface area contributed by atoms with Crippen molar-refractivity contribution in [2.75, 3.05) is 7.11 Å². The number of piperidine rings is 1. The molecule has 4 atom stereocenters. The lowest BCUT2D eigenvalue weighted by Gasteiger charge is -2.36. The highest BCUT2D eigenvalue weighted by Crippen LogP contribution is 2.41. The third-order valence-corrected chi connectivity index (χ3v) is 10.3. The largest absolute Gasteiger partial charge is 0.458 e. The molecule has 0 N–H and O–H groups in total. The lowest BCUT2D eigenvalue weighted by molar-refractivity contribution is -0.151. The molecule has 2 bridgehead atoms. The van der Waals surface area contributed by atoms with Gasteiger partial charge in [-0.2, -0.15) is 0 Å². The molecule has 0 unspecified atom stereocenters. The minimum absolute atomic E-state index is 0.0650. The van der Waals surface area contributed by atoms with E-state index in [1.54, 1.807) is 4.90 Å². The summed E-state index contributed by atoms with van der Waals surface area (Å²) in [6, 6.07) is 1.87. The minimum Gasteiger partial charge on any atom is -0.458 e. The molecule has 142 valence electrons. The molecule has 2 heterocycles. The van der Waals surface area contributed by atoms with Crippen molar-refractivity contribution in [3.63, 3.8) is 0 Å². The van der Waals surface area contributed by atoms with Gasteiger partial charge in [-0.1, -0.05) is 20.8 Å². The van der Waals surface area contributed by atoms with Gasteiger partial charge >= 0.3 is 12.1 Å². The van der Waals surface area contributed by atoms with Crippen LogP contribution >= 0.6 is 0 Å². The highest BCUT2D eigenvalue weighted by Gasteiger charge is 2.59. The predicted molar refractivity (Wildman–Crippen MR) is 93.7 cm³/mol. The lowest BCUT2D eigenvalue weighted by Crippen LogP contribution is -2.50. The van der Waals surface area contributed by atoms with Gasteiger partial charge in [0.25, 0.3) is 0 Å². The van der Waals surface area contributed by atoms with Gasteiger partial charge in [0.2, 0.25) is 0 Å². The third kappa shape index (κ3) is 3.74. The van der Waals surface area contributed by atoms with E-state index in [4.69, 9.17) is 13.9 Å². The number of rotatable bonds is 6. The van der Waals surface area contributed by atoms with Crippen LogP contribution in [0.4, 0.5) is 4.79 Å². The second-order valence-corrected chi connectivity index (χ2v) is 11.6. The summed E-state index contributed by atoms with van der Waals surface area (Å²) in [5, 5.41) is 0. The van der Waals surface area contributed by atoms with Crippen LogP contribution in [0.1, 0.15) is 40.5 Å². The van der Waals surface area contributed by atoms with E-state index in [0.717, 1.165) is 18.1 Å². The Hall–Kier alpha value is -1.41. The topological polar surface area (TPSA) is 82.1 Å². The number of ether oxygens (including phenoxy) is 2. The highest BCUT2D eigenvalue weighted by atomic mass is 28.4. The first-order valence-electron chi connectivity index (χ1n) is 9.05. The molecule has 2 aliphatic rings. The van der Waals surface area contributed by atoms with E-state index < -0.39 is 44.7 Å². The van der Waals surface area contributed by atoms with Crippen molar-refractivity contribution in [1.82, 2.24) is 4.90 Å². The smallest absolute Gasteiger partial charge is 0.410 e. The second-order valence-electron chi connectivity index (χ2n) is 6.86. The Morgan fingerprint density at radius 3 is 2.04 bits per heavy atom. The Labute approximate surface area is 150 Å². The number of hydrogen-bond donors (Lipinski definition) is 0. The molecule has 25 heavy (non-hydrogen) atoms. The molecule has 1 amide bonds. The minimum atomic E-state index is -2.01. The molecule has 0 aromatic carbocycles. The van der Waals surface area contributed by atoms with Gasteiger partial charge in [0.15, 0.2) is 8.32 Å². The molecule has 0 spiro atoms. The maximum Gasteiger partial charge on any atom is 0.410 e. The van der Waals surface area contributed by atoms with E-state index in [0.29, 0.717) is 0 Å². The van der Waals surface area contributed by atoms with E-state index in [1.807, 2.05) is 0 Å². The summed E-state index contributed by atoms with van der Waals surface area (Å²) in [5.74, 6) is -0.365. The Bertz CT molecular complexity index is 527. The summed E-state index contributed by atoms with van der Waals surface area (Å²) in [4.78, 5) is 37.7. The summed E-state index contributed by atoms with van der Waals surface area (Å²) in [6.07, 6.45) is -1.20. The van der Waals surface area contributed by atoms with Crippen molar-refractivity contribution >= 4 is 26.2 Å². The highest BCUT2D eigenvalue weighted by molar-refractivity contribution is 6.73. The zero-order chi connectivity index (χ0) is 18.8. The average molecular weight is 372 g/mol. The molecular weight excluding hydrogens is 342 g/mol. The number of methoxy groups -OCH3 is 1. The molecule has 2 saturated heterocycles. The molecule has 2 aliphatic heterocycles. The van der Waals surface area contributed by atoms with Gasteiger partial charge in [0.1, 0.15) is 18.0 Å². The standard InChI is InChI=1S/C17H29NO6Si/c1-6-25(7-2,8-3)24-16-14-10-12(20)9-13(15(16)23-11(4)19)18(14)17(21)22-5/h13-16H,6-10H2,1-5H3/t13-,14+,15-,16+/m1/s1. The molecule has 0 aliphatic carbocycles. The molecule has 0 radical (unpaired) electrons. The Morgan fingerprint density at radius 2 is 1.60 bits per heavy atom. The molecule has 2 fully saturated rings. The fraction of sp³-hybridized carbons (Fsp3) is 0.824. The first-order valence-corrected chi connectivity index (χ1v) is 11.6. The number of carbonyl (C=O) groups excluding carboxylic acids is 3. The molecule has 0 saturated carbocycles. The monoisotopic (exact) mass is 371 g/mol. The number of carbonyl (C=O) groups is 3. The number of fused-ring (bicyclic) bond motifs is 2. The Morgan fingerprint density at radius 1 is 1.08 bits per heavy atom. The fourth-order valence-corrected chi connectivity index (χ4v) is 7.00. The van der Waals surface area contributed by atoms with Crippen molar-refractivity contribution in [2.45, 2.75) is 83.0 Å². The van der Waals surface area contributed by atoms with Crippen LogP contribution in [0.3, 0.4) is 0 Å². The van der Waals surface area contributed by atoms with Crippen LogP contribution in [0, 0.1) is 0 Å². The summed E-state index contributed by atoms with van der Waals surface area (Å²) in [7, 11) is -0.696. The van der Waals surface area contributed by atoms with Gasteiger partial charge in [0.05, 0.1) is 19.2 Å². The first-order chi connectivity index (χ1) is 11.8. The van der Waals surface area contributed by atoms with Gasteiger partial charge < -0.3 is 13.9 Å². The Kier molecular flexibility index (Phi) is 6.26. The van der Waals surface area contributed by atoms with Crippen LogP contribution < -0.4 is 0 Å². The number of ketones is 1. The van der Waals surface area contributed by atoms with Crippen LogP contribution in [0.25, 0.3) is 0 Å². The maximum absolute atomic E-state index is 12.3. The normalized spacial score (nSPS) is 28.8. The average Bonchev–Trinajstić information content (AvgIpc) is 2.77. The van der Waals surface area contributed by atoms with Gasteiger partial charge in [-0.05, 0) is 18.1 Å². The third-order valence-electron chi connectivity index (χ3n) is 5.68. The summed E-state index contributed by atoms with van der Waals surface area (Å²) < 4.78 is 17.1. The van der Waals surface area contributed by atoms with Gasteiger partial charge in [-0.15, -0.1) is 0 Å². The van der Waals surface area contributed by atoms with E-state index in [9.17, 15) is 14.4 Å². The number of nitrogens with zero attached hydrogens (tertiary/aromatic N) is 1. The van der Waals surface area contributed by atoms with E-state index in [1.165, 1.54) is 14.0 Å². The summed E-state index contributed by atoms with van der Waals surface area (Å²) in [6.45, 7) is 7.69. The number of amides is 1. The van der Waals surface area contributed by atoms with Crippen molar-refractivity contribution in [1.29, 1.82) is 0 Å². The molecule has 2 rings (SSSR count). The van der Waals surface area contributed by atoms with E-state index in [-0.39, 0.29) is 18.6 Å². The van der Waals surface area contributed by atoms with Gasteiger partial charge in [-0.25, -0.2) is 4.79 Å². The number of Topliss-reactive ketones (excluding diaryl/α,β-unsaturated/α-hetero) is 1. The lowest BCUT2D eigenvalue weighted by atomic mass is 10.0. The number of esters is 1. The van der Waals surface area contributed by atoms with Crippen LogP contribution in [0.5, 0.6) is 0 Å². The first kappa shape index (κ1) is 19.9. The molecule has 7 nitrogen and oxygen atoms in total. The maximum atomic E-state index is 12.3. The zero-order valence-electron chi connectivity index (χ0n) is 15.7. The van der Waals surface area contributed by atoms with Crippen LogP contribution in [-0.4, -0.2) is 62.5 Å². The van der Waals surface area contributed by atoms with Gasteiger partial charge in [0, 0.05) is 19.8 Å². The number of hydrogen-bond acceptors (Lipinski definition) is 6. The summed E-state index contributed by atoms with van der Waals surface area (Å²) in [5.41, 5.74) is 0. The van der Waals surface area contributed by atoms with Crippen molar-refractivity contribution in [2.24, 2.45) is 0 Å². The molecule has 0 aromatic rings.